The number of ether oxygens (including phenoxy) is 1. The van der Waals surface area contributed by atoms with Crippen LogP contribution in [0.15, 0.2) is 18.6 Å². The van der Waals surface area contributed by atoms with E-state index < -0.39 is 0 Å². The number of fused-ring (bicyclic) bond motifs is 4. The summed E-state index contributed by atoms with van der Waals surface area (Å²) in [4.78, 5) is 33.9. The Morgan fingerprint density at radius 3 is 2.85 bits per heavy atom. The smallest absolute Gasteiger partial charge is 0.317 e. The normalized spacial score (nSPS) is 38.5. The highest BCUT2D eigenvalue weighted by Crippen LogP contribution is 2.48. The number of hydrogen-bond acceptors (Lipinski definition) is 4. The van der Waals surface area contributed by atoms with Gasteiger partial charge < -0.3 is 25.3 Å². The van der Waals surface area contributed by atoms with Gasteiger partial charge in [-0.1, -0.05) is 0 Å². The summed E-state index contributed by atoms with van der Waals surface area (Å²) in [6.07, 6.45) is 11.1. The van der Waals surface area contributed by atoms with E-state index in [9.17, 15) is 9.59 Å². The van der Waals surface area contributed by atoms with E-state index >= 15 is 0 Å². The molecule has 0 radical (unpaired) electrons. The third-order valence-corrected chi connectivity index (χ3v) is 6.44. The molecule has 4 aliphatic rings. The molecule has 0 aliphatic carbocycles. The van der Waals surface area contributed by atoms with E-state index in [0.717, 1.165) is 37.8 Å². The average Bonchev–Trinajstić information content (AvgIpc) is 3.33. The van der Waals surface area contributed by atoms with Crippen LogP contribution in [-0.4, -0.2) is 57.3 Å². The van der Waals surface area contributed by atoms with Gasteiger partial charge in [-0.15, -0.1) is 0 Å². The van der Waals surface area contributed by atoms with Crippen LogP contribution in [0.2, 0.25) is 0 Å². The van der Waals surface area contributed by atoms with Gasteiger partial charge in [-0.3, -0.25) is 4.79 Å². The molecule has 2 bridgehead atoms. The highest BCUT2D eigenvalue weighted by atomic mass is 16.5. The molecule has 1 spiro atoms. The first-order chi connectivity index (χ1) is 12.6. The third-order valence-electron chi connectivity index (χ3n) is 6.44. The fourth-order valence-corrected chi connectivity index (χ4v) is 5.44. The Balaban J connectivity index is 1.36. The SMILES string of the molecule is O=C1N[C@H]2OCC[C@H]2C2(C[C@H]3CC[C@@H](C2)N3C(=O)/C=C/c2cnc[nH]2)N1. The lowest BCUT2D eigenvalue weighted by Gasteiger charge is -2.52. The zero-order valence-electron chi connectivity index (χ0n) is 14.5. The average molecular weight is 357 g/mol. The predicted molar refractivity (Wildman–Crippen MR) is 92.8 cm³/mol. The van der Waals surface area contributed by atoms with Crippen LogP contribution in [0.5, 0.6) is 0 Å². The molecule has 5 atom stereocenters. The lowest BCUT2D eigenvalue weighted by molar-refractivity contribution is -0.132. The number of hydrogen-bond donors (Lipinski definition) is 3. The largest absolute Gasteiger partial charge is 0.358 e. The number of amides is 3. The minimum Gasteiger partial charge on any atom is -0.358 e. The van der Waals surface area contributed by atoms with Crippen LogP contribution < -0.4 is 10.6 Å². The highest BCUT2D eigenvalue weighted by Gasteiger charge is 2.58. The fourth-order valence-electron chi connectivity index (χ4n) is 5.44. The highest BCUT2D eigenvalue weighted by molar-refractivity contribution is 5.92. The van der Waals surface area contributed by atoms with Gasteiger partial charge in [0, 0.05) is 30.7 Å². The van der Waals surface area contributed by atoms with Crippen molar-refractivity contribution in [1.29, 1.82) is 0 Å². The molecule has 4 saturated heterocycles. The number of carbonyl (C=O) groups excluding carboxylic acids is 2. The third kappa shape index (κ3) is 2.43. The summed E-state index contributed by atoms with van der Waals surface area (Å²) in [5.41, 5.74) is 0.565. The minimum atomic E-state index is -0.251. The van der Waals surface area contributed by atoms with Crippen LogP contribution in [0.1, 0.15) is 37.8 Å². The molecule has 5 heterocycles. The zero-order chi connectivity index (χ0) is 17.7. The summed E-state index contributed by atoms with van der Waals surface area (Å²) >= 11 is 0. The molecule has 3 amide bonds. The Labute approximate surface area is 151 Å². The van der Waals surface area contributed by atoms with Gasteiger partial charge in [-0.05, 0) is 38.2 Å². The number of H-pyrrole nitrogens is 1. The maximum absolute atomic E-state index is 12.8. The van der Waals surface area contributed by atoms with Gasteiger partial charge in [0.05, 0.1) is 23.8 Å². The molecule has 0 aromatic carbocycles. The van der Waals surface area contributed by atoms with Gasteiger partial charge in [0.15, 0.2) is 0 Å². The van der Waals surface area contributed by atoms with Crippen LogP contribution >= 0.6 is 0 Å². The van der Waals surface area contributed by atoms with Crippen molar-refractivity contribution >= 4 is 18.0 Å². The van der Waals surface area contributed by atoms with Crippen LogP contribution in [0.3, 0.4) is 0 Å². The molecule has 0 saturated carbocycles. The van der Waals surface area contributed by atoms with Crippen molar-refractivity contribution in [2.45, 2.75) is 56.0 Å². The van der Waals surface area contributed by atoms with E-state index in [-0.39, 0.29) is 41.7 Å². The number of imidazole rings is 1. The molecule has 3 N–H and O–H groups in total. The number of nitrogens with one attached hydrogen (secondary N) is 3. The zero-order valence-corrected chi connectivity index (χ0v) is 14.5. The first-order valence-corrected chi connectivity index (χ1v) is 9.34. The molecule has 138 valence electrons. The second-order valence-corrected chi connectivity index (χ2v) is 7.82. The quantitative estimate of drug-likeness (QED) is 0.687. The van der Waals surface area contributed by atoms with Gasteiger partial charge in [0.2, 0.25) is 5.91 Å². The van der Waals surface area contributed by atoms with Crippen LogP contribution in [0.4, 0.5) is 4.79 Å². The minimum absolute atomic E-state index is 0.0430. The first-order valence-electron chi connectivity index (χ1n) is 9.34. The lowest BCUT2D eigenvalue weighted by Crippen LogP contribution is -2.71. The number of aromatic amines is 1. The van der Waals surface area contributed by atoms with Crippen LogP contribution in [-0.2, 0) is 9.53 Å². The standard InChI is InChI=1S/C18H23N5O3/c24-15(4-1-11-9-19-10-20-11)23-12-2-3-13(23)8-18(7-12)14-5-6-26-16(14)21-17(25)22-18/h1,4,9-10,12-14,16H,2-3,5-8H2,(H,19,20)(H2,21,22,25)/b4-1+/t12-,13+,14-,16+,18?/m1/s1. The van der Waals surface area contributed by atoms with Gasteiger partial charge in [-0.2, -0.15) is 0 Å². The second kappa shape index (κ2) is 5.84. The summed E-state index contributed by atoms with van der Waals surface area (Å²) in [6.45, 7) is 0.684. The van der Waals surface area contributed by atoms with Gasteiger partial charge in [0.25, 0.3) is 0 Å². The van der Waals surface area contributed by atoms with Crippen molar-refractivity contribution in [1.82, 2.24) is 25.5 Å². The number of urea groups is 1. The van der Waals surface area contributed by atoms with E-state index in [1.54, 1.807) is 24.7 Å². The first kappa shape index (κ1) is 15.9. The maximum Gasteiger partial charge on any atom is 0.317 e. The fraction of sp³-hybridized carbons (Fsp3) is 0.611. The van der Waals surface area contributed by atoms with Crippen molar-refractivity contribution in [3.63, 3.8) is 0 Å². The monoisotopic (exact) mass is 357 g/mol. The van der Waals surface area contributed by atoms with E-state index in [2.05, 4.69) is 20.6 Å². The Morgan fingerprint density at radius 2 is 2.12 bits per heavy atom. The summed E-state index contributed by atoms with van der Waals surface area (Å²) in [7, 11) is 0. The molecule has 26 heavy (non-hydrogen) atoms. The molecular formula is C18H23N5O3. The second-order valence-electron chi connectivity index (χ2n) is 7.82. The van der Waals surface area contributed by atoms with Crippen LogP contribution in [0, 0.1) is 5.92 Å². The maximum atomic E-state index is 12.8. The molecule has 1 unspecified atom stereocenters. The molecule has 5 rings (SSSR count). The lowest BCUT2D eigenvalue weighted by atomic mass is 9.71. The summed E-state index contributed by atoms with van der Waals surface area (Å²) in [5, 5.41) is 6.12. The van der Waals surface area contributed by atoms with E-state index in [4.69, 9.17) is 4.74 Å². The van der Waals surface area contributed by atoms with E-state index in [1.165, 1.54) is 0 Å². The Hall–Kier alpha value is -2.35. The van der Waals surface area contributed by atoms with Gasteiger partial charge in [0.1, 0.15) is 6.23 Å². The molecule has 8 nitrogen and oxygen atoms in total. The number of nitrogens with zero attached hydrogens (tertiary/aromatic N) is 2. The van der Waals surface area contributed by atoms with Crippen molar-refractivity contribution in [2.24, 2.45) is 5.92 Å². The van der Waals surface area contributed by atoms with Gasteiger partial charge in [-0.25, -0.2) is 9.78 Å². The molecular weight excluding hydrogens is 334 g/mol. The van der Waals surface area contributed by atoms with E-state index in [0.29, 0.717) is 6.61 Å². The van der Waals surface area contributed by atoms with Crippen molar-refractivity contribution in [3.8, 4) is 0 Å². The van der Waals surface area contributed by atoms with Crippen molar-refractivity contribution in [3.05, 3.63) is 24.3 Å². The number of aromatic nitrogens is 2. The van der Waals surface area contributed by atoms with Crippen LogP contribution in [0.25, 0.3) is 6.08 Å². The molecule has 1 aromatic heterocycles. The summed E-state index contributed by atoms with van der Waals surface area (Å²) in [6, 6.07) is 0.200. The Morgan fingerprint density at radius 1 is 1.31 bits per heavy atom. The Kier molecular flexibility index (Phi) is 3.56. The van der Waals surface area contributed by atoms with Crippen molar-refractivity contribution in [2.75, 3.05) is 6.61 Å². The number of piperidine rings is 1. The predicted octanol–water partition coefficient (Wildman–Crippen LogP) is 0.990. The summed E-state index contributed by atoms with van der Waals surface area (Å²) in [5.74, 6) is 0.322. The van der Waals surface area contributed by atoms with Crippen molar-refractivity contribution < 1.29 is 14.3 Å². The van der Waals surface area contributed by atoms with E-state index in [1.807, 2.05) is 4.90 Å². The van der Waals surface area contributed by atoms with Gasteiger partial charge >= 0.3 is 6.03 Å². The topological polar surface area (TPSA) is 99.3 Å². The Bertz CT molecular complexity index is 732. The number of carbonyl (C=O) groups is 2. The molecule has 1 aromatic rings. The molecule has 4 aliphatic heterocycles. The molecule has 8 heteroatoms. The summed E-state index contributed by atoms with van der Waals surface area (Å²) < 4.78 is 5.73. The number of rotatable bonds is 2. The molecule has 4 fully saturated rings.